The van der Waals surface area contributed by atoms with E-state index in [4.69, 9.17) is 0 Å². The Hall–Kier alpha value is -1.80. The van der Waals surface area contributed by atoms with Crippen molar-refractivity contribution < 1.29 is 0 Å². The van der Waals surface area contributed by atoms with Gasteiger partial charge >= 0.3 is 0 Å². The van der Waals surface area contributed by atoms with Crippen LogP contribution in [0.2, 0.25) is 0 Å². The third-order valence-corrected chi connectivity index (χ3v) is 3.15. The quantitative estimate of drug-likeness (QED) is 0.880. The van der Waals surface area contributed by atoms with E-state index in [-0.39, 0.29) is 0 Å². The fraction of sp³-hybridized carbons (Fsp3) is 0.250. The van der Waals surface area contributed by atoms with E-state index in [1.807, 2.05) is 13.1 Å². The molecule has 0 saturated heterocycles. The maximum Gasteiger partial charge on any atom is 0.0438 e. The van der Waals surface area contributed by atoms with E-state index < -0.39 is 0 Å². The molecule has 2 aromatic rings. The average molecular weight is 240 g/mol. The summed E-state index contributed by atoms with van der Waals surface area (Å²) in [7, 11) is 4.08. The molecule has 1 N–H and O–H groups in total. The predicted molar refractivity (Wildman–Crippen MR) is 78.4 cm³/mol. The lowest BCUT2D eigenvalue weighted by Gasteiger charge is -2.22. The van der Waals surface area contributed by atoms with Crippen LogP contribution in [0.1, 0.15) is 11.1 Å². The number of hydrogen-bond acceptors (Lipinski definition) is 2. The third kappa shape index (κ3) is 2.71. The van der Waals surface area contributed by atoms with Crippen LogP contribution in [0.3, 0.4) is 0 Å². The second kappa shape index (κ2) is 5.69. The molecule has 0 saturated carbocycles. The standard InChI is InChI=1S/C16H20N2/c1-13-11-14(12-17-2)9-10-16(13)18(3)15-7-5-4-6-8-15/h4-11,17H,12H2,1-3H3. The van der Waals surface area contributed by atoms with Crippen molar-refractivity contribution in [2.75, 3.05) is 19.0 Å². The van der Waals surface area contributed by atoms with E-state index in [2.05, 4.69) is 66.7 Å². The summed E-state index contributed by atoms with van der Waals surface area (Å²) in [5.74, 6) is 0. The van der Waals surface area contributed by atoms with Gasteiger partial charge in [0.1, 0.15) is 0 Å². The molecule has 18 heavy (non-hydrogen) atoms. The first-order chi connectivity index (χ1) is 8.72. The second-order valence-electron chi connectivity index (χ2n) is 4.55. The van der Waals surface area contributed by atoms with Gasteiger partial charge < -0.3 is 10.2 Å². The molecule has 0 unspecified atom stereocenters. The van der Waals surface area contributed by atoms with Gasteiger partial charge in [0.15, 0.2) is 0 Å². The summed E-state index contributed by atoms with van der Waals surface area (Å²) in [6.07, 6.45) is 0. The Labute approximate surface area is 109 Å². The molecular weight excluding hydrogens is 220 g/mol. The number of anilines is 2. The Morgan fingerprint density at radius 1 is 1.06 bits per heavy atom. The zero-order valence-corrected chi connectivity index (χ0v) is 11.3. The summed E-state index contributed by atoms with van der Waals surface area (Å²) in [5, 5.41) is 3.18. The molecule has 0 fully saturated rings. The lowest BCUT2D eigenvalue weighted by Crippen LogP contribution is -2.11. The van der Waals surface area contributed by atoms with Crippen LogP contribution >= 0.6 is 0 Å². The van der Waals surface area contributed by atoms with Gasteiger partial charge in [-0.25, -0.2) is 0 Å². The van der Waals surface area contributed by atoms with Crippen LogP contribution in [0.5, 0.6) is 0 Å². The first kappa shape index (κ1) is 12.7. The average Bonchev–Trinajstić information content (AvgIpc) is 2.40. The predicted octanol–water partition coefficient (Wildman–Crippen LogP) is 3.48. The lowest BCUT2D eigenvalue weighted by atomic mass is 10.1. The minimum absolute atomic E-state index is 0.913. The van der Waals surface area contributed by atoms with E-state index in [0.29, 0.717) is 0 Å². The highest BCUT2D eigenvalue weighted by Crippen LogP contribution is 2.27. The maximum absolute atomic E-state index is 3.18. The van der Waals surface area contributed by atoms with Crippen molar-refractivity contribution >= 4 is 11.4 Å². The van der Waals surface area contributed by atoms with E-state index in [1.165, 1.54) is 22.5 Å². The largest absolute Gasteiger partial charge is 0.344 e. The van der Waals surface area contributed by atoms with Crippen molar-refractivity contribution in [1.29, 1.82) is 0 Å². The zero-order chi connectivity index (χ0) is 13.0. The SMILES string of the molecule is CNCc1ccc(N(C)c2ccccc2)c(C)c1. The smallest absolute Gasteiger partial charge is 0.0438 e. The molecule has 0 aliphatic carbocycles. The number of nitrogens with zero attached hydrogens (tertiary/aromatic N) is 1. The third-order valence-electron chi connectivity index (χ3n) is 3.15. The molecular formula is C16H20N2. The van der Waals surface area contributed by atoms with E-state index in [1.54, 1.807) is 0 Å². The van der Waals surface area contributed by atoms with Crippen molar-refractivity contribution in [1.82, 2.24) is 5.32 Å². The van der Waals surface area contributed by atoms with Gasteiger partial charge in [0.2, 0.25) is 0 Å². The van der Waals surface area contributed by atoms with Gasteiger partial charge in [-0.05, 0) is 43.3 Å². The highest BCUT2D eigenvalue weighted by Gasteiger charge is 2.06. The Morgan fingerprint density at radius 3 is 2.39 bits per heavy atom. The number of hydrogen-bond donors (Lipinski definition) is 1. The number of rotatable bonds is 4. The Bertz CT molecular complexity index is 506. The van der Waals surface area contributed by atoms with Crippen molar-refractivity contribution in [3.8, 4) is 0 Å². The molecule has 0 amide bonds. The Morgan fingerprint density at radius 2 is 1.78 bits per heavy atom. The first-order valence-corrected chi connectivity index (χ1v) is 6.25. The molecule has 0 aromatic heterocycles. The van der Waals surface area contributed by atoms with E-state index in [0.717, 1.165) is 6.54 Å². The van der Waals surface area contributed by atoms with Crippen molar-refractivity contribution in [3.05, 3.63) is 59.7 Å². The number of para-hydroxylation sites is 1. The minimum atomic E-state index is 0.913. The van der Waals surface area contributed by atoms with Gasteiger partial charge in [0.05, 0.1) is 0 Å². The molecule has 0 heterocycles. The molecule has 0 aliphatic heterocycles. The minimum Gasteiger partial charge on any atom is -0.344 e. The number of benzene rings is 2. The van der Waals surface area contributed by atoms with Crippen molar-refractivity contribution in [2.24, 2.45) is 0 Å². The second-order valence-corrected chi connectivity index (χ2v) is 4.55. The van der Waals surface area contributed by atoms with E-state index in [9.17, 15) is 0 Å². The first-order valence-electron chi connectivity index (χ1n) is 6.25. The van der Waals surface area contributed by atoms with Gasteiger partial charge in [-0.1, -0.05) is 30.3 Å². The molecule has 2 heteroatoms. The molecule has 0 radical (unpaired) electrons. The normalized spacial score (nSPS) is 10.4. The summed E-state index contributed by atoms with van der Waals surface area (Å²) >= 11 is 0. The number of aryl methyl sites for hydroxylation is 1. The lowest BCUT2D eigenvalue weighted by molar-refractivity contribution is 0.817. The Balaban J connectivity index is 2.28. The highest BCUT2D eigenvalue weighted by atomic mass is 15.1. The van der Waals surface area contributed by atoms with Gasteiger partial charge in [-0.15, -0.1) is 0 Å². The van der Waals surface area contributed by atoms with Crippen LogP contribution in [-0.4, -0.2) is 14.1 Å². The Kier molecular flexibility index (Phi) is 4.00. The van der Waals surface area contributed by atoms with Gasteiger partial charge in [0, 0.05) is 25.0 Å². The van der Waals surface area contributed by atoms with Crippen LogP contribution < -0.4 is 10.2 Å². The summed E-state index contributed by atoms with van der Waals surface area (Å²) in [4.78, 5) is 2.22. The molecule has 0 aliphatic rings. The molecule has 2 aromatic carbocycles. The molecule has 0 atom stereocenters. The van der Waals surface area contributed by atoms with Crippen LogP contribution in [0, 0.1) is 6.92 Å². The topological polar surface area (TPSA) is 15.3 Å². The van der Waals surface area contributed by atoms with Crippen molar-refractivity contribution in [2.45, 2.75) is 13.5 Å². The van der Waals surface area contributed by atoms with Crippen molar-refractivity contribution in [3.63, 3.8) is 0 Å². The molecule has 2 rings (SSSR count). The van der Waals surface area contributed by atoms with Gasteiger partial charge in [-0.3, -0.25) is 0 Å². The van der Waals surface area contributed by atoms with Gasteiger partial charge in [-0.2, -0.15) is 0 Å². The molecule has 0 spiro atoms. The van der Waals surface area contributed by atoms with E-state index >= 15 is 0 Å². The summed E-state index contributed by atoms with van der Waals surface area (Å²) in [6.45, 7) is 3.07. The summed E-state index contributed by atoms with van der Waals surface area (Å²) in [6, 6.07) is 17.0. The van der Waals surface area contributed by atoms with Crippen LogP contribution in [0.25, 0.3) is 0 Å². The van der Waals surface area contributed by atoms with Crippen LogP contribution in [-0.2, 0) is 6.54 Å². The molecule has 0 bridgehead atoms. The summed E-state index contributed by atoms with van der Waals surface area (Å²) < 4.78 is 0. The number of nitrogens with one attached hydrogen (secondary N) is 1. The summed E-state index contributed by atoms with van der Waals surface area (Å²) in [5.41, 5.74) is 5.08. The monoisotopic (exact) mass is 240 g/mol. The van der Waals surface area contributed by atoms with Gasteiger partial charge in [0.25, 0.3) is 0 Å². The zero-order valence-electron chi connectivity index (χ0n) is 11.3. The maximum atomic E-state index is 3.18. The highest BCUT2D eigenvalue weighted by molar-refractivity contribution is 5.65. The molecule has 94 valence electrons. The fourth-order valence-electron chi connectivity index (χ4n) is 2.20. The molecule has 2 nitrogen and oxygen atoms in total. The van der Waals surface area contributed by atoms with Crippen LogP contribution in [0.15, 0.2) is 48.5 Å². The van der Waals surface area contributed by atoms with Crippen LogP contribution in [0.4, 0.5) is 11.4 Å². The fourth-order valence-corrected chi connectivity index (χ4v) is 2.20.